The number of aryl methyl sites for hydroxylation is 1. The number of nitrogens with zero attached hydrogens (tertiary/aromatic N) is 5. The Hall–Kier alpha value is -3.46. The molecule has 0 aliphatic carbocycles. The maximum atomic E-state index is 12.4. The van der Waals surface area contributed by atoms with Crippen molar-refractivity contribution < 1.29 is 9.59 Å². The van der Waals surface area contributed by atoms with Gasteiger partial charge in [0.25, 0.3) is 0 Å². The van der Waals surface area contributed by atoms with Crippen LogP contribution >= 0.6 is 0 Å². The van der Waals surface area contributed by atoms with Crippen LogP contribution in [0.1, 0.15) is 22.3 Å². The number of hydrogen-bond acceptors (Lipinski definition) is 6. The number of anilines is 1. The van der Waals surface area contributed by atoms with Gasteiger partial charge in [-0.3, -0.25) is 18.9 Å². The average Bonchev–Trinajstić information content (AvgIpc) is 3.25. The third-order valence-electron chi connectivity index (χ3n) is 5.76. The first-order valence-electron chi connectivity index (χ1n) is 10.4. The molecule has 3 N–H and O–H groups in total. The molecule has 9 nitrogen and oxygen atoms in total. The van der Waals surface area contributed by atoms with Crippen LogP contribution in [0.4, 0.5) is 5.82 Å². The van der Waals surface area contributed by atoms with Crippen molar-refractivity contribution in [2.24, 2.45) is 5.73 Å². The third kappa shape index (κ3) is 5.00. The Morgan fingerprint density at radius 2 is 1.97 bits per heavy atom. The lowest BCUT2D eigenvalue weighted by molar-refractivity contribution is -0.121. The van der Waals surface area contributed by atoms with Crippen LogP contribution in [0.3, 0.4) is 0 Å². The van der Waals surface area contributed by atoms with E-state index >= 15 is 0 Å². The van der Waals surface area contributed by atoms with Crippen molar-refractivity contribution in [2.45, 2.75) is 18.9 Å². The van der Waals surface area contributed by atoms with Crippen LogP contribution in [0.25, 0.3) is 5.78 Å². The number of amides is 2. The zero-order chi connectivity index (χ0) is 21.8. The van der Waals surface area contributed by atoms with Crippen LogP contribution in [0, 0.1) is 0 Å². The Labute approximate surface area is 180 Å². The number of fused-ring (bicyclic) bond motifs is 1. The number of nitrogens with two attached hydrogens (primary N) is 1. The van der Waals surface area contributed by atoms with Crippen LogP contribution in [0.5, 0.6) is 0 Å². The van der Waals surface area contributed by atoms with Gasteiger partial charge in [-0.05, 0) is 37.2 Å². The molecule has 2 aromatic heterocycles. The van der Waals surface area contributed by atoms with Gasteiger partial charge in [-0.25, -0.2) is 4.98 Å². The van der Waals surface area contributed by atoms with E-state index < -0.39 is 5.91 Å². The van der Waals surface area contributed by atoms with Crippen LogP contribution in [-0.4, -0.2) is 70.4 Å². The van der Waals surface area contributed by atoms with E-state index in [1.54, 1.807) is 18.3 Å². The number of primary amides is 1. The number of benzene rings is 1. The second kappa shape index (κ2) is 9.13. The van der Waals surface area contributed by atoms with Crippen molar-refractivity contribution >= 4 is 23.4 Å². The minimum absolute atomic E-state index is 0.0152. The normalized spacial score (nSPS) is 17.1. The van der Waals surface area contributed by atoms with E-state index in [9.17, 15) is 9.59 Å². The summed E-state index contributed by atoms with van der Waals surface area (Å²) in [6.45, 7) is 3.15. The monoisotopic (exact) mass is 421 g/mol. The number of rotatable bonds is 7. The minimum atomic E-state index is -0.449. The SMILES string of the molecule is CN1CCN(c2ccn3ccnc3n2)CC1CNC(=O)CCc1ccc(C(N)=O)cc1. The number of aromatic nitrogens is 3. The molecule has 0 saturated carbocycles. The molecule has 1 aromatic carbocycles. The summed E-state index contributed by atoms with van der Waals surface area (Å²) < 4.78 is 1.89. The lowest BCUT2D eigenvalue weighted by atomic mass is 10.1. The summed E-state index contributed by atoms with van der Waals surface area (Å²) in [5.74, 6) is 1.16. The quantitative estimate of drug-likeness (QED) is 0.581. The third-order valence-corrected chi connectivity index (χ3v) is 5.76. The van der Waals surface area contributed by atoms with E-state index in [4.69, 9.17) is 5.73 Å². The summed E-state index contributed by atoms with van der Waals surface area (Å²) in [4.78, 5) is 36.9. The van der Waals surface area contributed by atoms with Crippen LogP contribution in [-0.2, 0) is 11.2 Å². The molecule has 0 bridgehead atoms. The summed E-state index contributed by atoms with van der Waals surface area (Å²) in [6.07, 6.45) is 6.59. The predicted octanol–water partition coefficient (Wildman–Crippen LogP) is 0.698. The number of carbonyl (C=O) groups is 2. The van der Waals surface area contributed by atoms with Crippen molar-refractivity contribution in [1.82, 2.24) is 24.6 Å². The van der Waals surface area contributed by atoms with E-state index in [1.165, 1.54) is 0 Å². The molecular formula is C22H27N7O2. The standard InChI is InChI=1S/C22H27N7O2/c1-27-12-13-29(19-8-10-28-11-9-24-22(28)26-19)15-18(27)14-25-20(30)7-4-16-2-5-17(6-3-16)21(23)31/h2-3,5-6,8-11,18H,4,7,12-15H2,1H3,(H2,23,31)(H,25,30). The minimum Gasteiger partial charge on any atom is -0.366 e. The summed E-state index contributed by atoms with van der Waals surface area (Å²) in [5.41, 5.74) is 6.73. The molecule has 1 saturated heterocycles. The molecule has 1 atom stereocenters. The molecule has 3 heterocycles. The van der Waals surface area contributed by atoms with Gasteiger partial charge in [-0.15, -0.1) is 0 Å². The van der Waals surface area contributed by atoms with Gasteiger partial charge in [0.15, 0.2) is 0 Å². The largest absolute Gasteiger partial charge is 0.366 e. The lowest BCUT2D eigenvalue weighted by Gasteiger charge is -2.40. The molecule has 4 rings (SSSR count). The Bertz CT molecular complexity index is 1060. The van der Waals surface area contributed by atoms with Gasteiger partial charge in [0.1, 0.15) is 5.82 Å². The Kier molecular flexibility index (Phi) is 6.13. The molecule has 9 heteroatoms. The van der Waals surface area contributed by atoms with E-state index in [0.717, 1.165) is 31.0 Å². The first-order chi connectivity index (χ1) is 15.0. The molecule has 1 aliphatic heterocycles. The molecule has 2 amide bonds. The van der Waals surface area contributed by atoms with Crippen molar-refractivity contribution in [1.29, 1.82) is 0 Å². The Morgan fingerprint density at radius 3 is 2.74 bits per heavy atom. The van der Waals surface area contributed by atoms with E-state index in [0.29, 0.717) is 30.7 Å². The Morgan fingerprint density at radius 1 is 1.16 bits per heavy atom. The van der Waals surface area contributed by atoms with Gasteiger partial charge >= 0.3 is 0 Å². The highest BCUT2D eigenvalue weighted by Crippen LogP contribution is 2.17. The fraction of sp³-hybridized carbons (Fsp3) is 0.364. The summed E-state index contributed by atoms with van der Waals surface area (Å²) in [5, 5.41) is 3.06. The molecule has 3 aromatic rings. The van der Waals surface area contributed by atoms with Gasteiger partial charge in [0, 0.05) is 62.8 Å². The first-order valence-corrected chi connectivity index (χ1v) is 10.4. The van der Waals surface area contributed by atoms with Crippen LogP contribution in [0.2, 0.25) is 0 Å². The fourth-order valence-corrected chi connectivity index (χ4v) is 3.76. The van der Waals surface area contributed by atoms with Crippen LogP contribution in [0.15, 0.2) is 48.9 Å². The smallest absolute Gasteiger partial charge is 0.248 e. The molecule has 31 heavy (non-hydrogen) atoms. The predicted molar refractivity (Wildman–Crippen MR) is 118 cm³/mol. The van der Waals surface area contributed by atoms with E-state index in [1.807, 2.05) is 35.0 Å². The maximum absolute atomic E-state index is 12.4. The van der Waals surface area contributed by atoms with Gasteiger partial charge in [0.2, 0.25) is 17.6 Å². The summed E-state index contributed by atoms with van der Waals surface area (Å²) in [7, 11) is 2.08. The van der Waals surface area contributed by atoms with Crippen molar-refractivity contribution in [3.05, 3.63) is 60.0 Å². The molecule has 162 valence electrons. The topological polar surface area (TPSA) is 109 Å². The number of likely N-dealkylation sites (N-methyl/N-ethyl adjacent to an activating group) is 1. The highest BCUT2D eigenvalue weighted by molar-refractivity contribution is 5.92. The zero-order valence-corrected chi connectivity index (χ0v) is 17.6. The number of piperazine rings is 1. The fourth-order valence-electron chi connectivity index (χ4n) is 3.76. The van der Waals surface area contributed by atoms with E-state index in [-0.39, 0.29) is 11.9 Å². The number of carbonyl (C=O) groups excluding carboxylic acids is 2. The van der Waals surface area contributed by atoms with Crippen molar-refractivity contribution in [3.8, 4) is 0 Å². The second-order valence-electron chi connectivity index (χ2n) is 7.87. The molecular weight excluding hydrogens is 394 g/mol. The zero-order valence-electron chi connectivity index (χ0n) is 17.6. The van der Waals surface area contributed by atoms with Gasteiger partial charge in [-0.1, -0.05) is 12.1 Å². The van der Waals surface area contributed by atoms with Gasteiger partial charge in [0.05, 0.1) is 0 Å². The van der Waals surface area contributed by atoms with Crippen molar-refractivity contribution in [3.63, 3.8) is 0 Å². The lowest BCUT2D eigenvalue weighted by Crippen LogP contribution is -2.55. The highest BCUT2D eigenvalue weighted by Gasteiger charge is 2.25. The Balaban J connectivity index is 1.28. The van der Waals surface area contributed by atoms with Crippen molar-refractivity contribution in [2.75, 3.05) is 38.1 Å². The molecule has 1 unspecified atom stereocenters. The molecule has 0 radical (unpaired) electrons. The summed E-state index contributed by atoms with van der Waals surface area (Å²) in [6, 6.07) is 9.25. The maximum Gasteiger partial charge on any atom is 0.248 e. The molecule has 0 spiro atoms. The number of nitrogens with one attached hydrogen (secondary N) is 1. The number of imidazole rings is 1. The van der Waals surface area contributed by atoms with Gasteiger partial charge in [-0.2, -0.15) is 4.98 Å². The number of hydrogen-bond donors (Lipinski definition) is 2. The second-order valence-corrected chi connectivity index (χ2v) is 7.87. The molecule has 1 aliphatic rings. The first kappa shape index (κ1) is 20.8. The van der Waals surface area contributed by atoms with Gasteiger partial charge < -0.3 is 16.0 Å². The average molecular weight is 422 g/mol. The van der Waals surface area contributed by atoms with Crippen LogP contribution < -0.4 is 16.0 Å². The summed E-state index contributed by atoms with van der Waals surface area (Å²) >= 11 is 0. The highest BCUT2D eigenvalue weighted by atomic mass is 16.1. The van der Waals surface area contributed by atoms with E-state index in [2.05, 4.69) is 32.1 Å². The molecule has 1 fully saturated rings.